The molecule has 3 aliphatic carbocycles. The summed E-state index contributed by atoms with van der Waals surface area (Å²) in [6.45, 7) is -2.39. The van der Waals surface area contributed by atoms with Crippen molar-refractivity contribution >= 4 is 5.91 Å². The summed E-state index contributed by atoms with van der Waals surface area (Å²) >= 11 is 0. The number of fused-ring (bicyclic) bond motifs is 2. The highest BCUT2D eigenvalue weighted by atomic mass is 19.3. The minimum absolute atomic E-state index is 0.133. The van der Waals surface area contributed by atoms with E-state index in [-0.39, 0.29) is 24.3 Å². The standard InChI is InChI=1S/C17H23F2N3O/c18-17(19)21-6-5-20-15(21)10-22(14-3-4-14)16(23)9-13-8-11-1-2-12(13)7-11/h5-6,11-14,17H,1-4,7-10H2/t11-,12-,13-/m1/s1. The molecule has 3 atom stereocenters. The van der Waals surface area contributed by atoms with Gasteiger partial charge in [-0.2, -0.15) is 8.78 Å². The van der Waals surface area contributed by atoms with E-state index in [1.54, 1.807) is 4.90 Å². The number of imidazole rings is 1. The molecule has 0 aromatic carbocycles. The lowest BCUT2D eigenvalue weighted by Gasteiger charge is -2.27. The molecule has 0 N–H and O–H groups in total. The molecule has 4 rings (SSSR count). The highest BCUT2D eigenvalue weighted by molar-refractivity contribution is 5.77. The van der Waals surface area contributed by atoms with Crippen molar-refractivity contribution < 1.29 is 13.6 Å². The number of halogens is 2. The molecule has 0 radical (unpaired) electrons. The van der Waals surface area contributed by atoms with Gasteiger partial charge in [-0.05, 0) is 49.9 Å². The molecule has 2 bridgehead atoms. The van der Waals surface area contributed by atoms with Crippen LogP contribution in [0.1, 0.15) is 57.3 Å². The van der Waals surface area contributed by atoms with Crippen molar-refractivity contribution in [2.45, 2.75) is 64.1 Å². The van der Waals surface area contributed by atoms with Crippen LogP contribution < -0.4 is 0 Å². The van der Waals surface area contributed by atoms with Gasteiger partial charge in [0.05, 0.1) is 6.54 Å². The molecule has 1 aromatic rings. The lowest BCUT2D eigenvalue weighted by atomic mass is 9.86. The number of hydrogen-bond acceptors (Lipinski definition) is 2. The third-order valence-corrected chi connectivity index (χ3v) is 5.90. The average molecular weight is 323 g/mol. The fourth-order valence-electron chi connectivity index (χ4n) is 4.57. The molecule has 0 aliphatic heterocycles. The Hall–Kier alpha value is -1.46. The Morgan fingerprint density at radius 1 is 1.30 bits per heavy atom. The van der Waals surface area contributed by atoms with Crippen LogP contribution in [-0.4, -0.2) is 26.4 Å². The van der Waals surface area contributed by atoms with E-state index < -0.39 is 6.55 Å². The molecular formula is C17H23F2N3O. The number of alkyl halides is 2. The average Bonchev–Trinajstić information content (AvgIpc) is 2.95. The van der Waals surface area contributed by atoms with Crippen molar-refractivity contribution in [1.82, 2.24) is 14.5 Å². The van der Waals surface area contributed by atoms with Crippen molar-refractivity contribution in [3.8, 4) is 0 Å². The number of rotatable bonds is 6. The van der Waals surface area contributed by atoms with Gasteiger partial charge in [-0.25, -0.2) is 4.98 Å². The molecular weight excluding hydrogens is 300 g/mol. The Labute approximate surface area is 134 Å². The van der Waals surface area contributed by atoms with Gasteiger partial charge >= 0.3 is 6.55 Å². The van der Waals surface area contributed by atoms with Gasteiger partial charge in [-0.1, -0.05) is 6.42 Å². The maximum atomic E-state index is 13.0. The topological polar surface area (TPSA) is 38.1 Å². The van der Waals surface area contributed by atoms with Gasteiger partial charge < -0.3 is 4.90 Å². The van der Waals surface area contributed by atoms with E-state index in [4.69, 9.17) is 0 Å². The summed E-state index contributed by atoms with van der Waals surface area (Å²) < 4.78 is 26.8. The van der Waals surface area contributed by atoms with Gasteiger partial charge in [0.25, 0.3) is 0 Å². The highest BCUT2D eigenvalue weighted by Gasteiger charge is 2.42. The lowest BCUT2D eigenvalue weighted by molar-refractivity contribution is -0.134. The maximum Gasteiger partial charge on any atom is 0.319 e. The molecule has 126 valence electrons. The van der Waals surface area contributed by atoms with Crippen molar-refractivity contribution in [2.24, 2.45) is 17.8 Å². The summed E-state index contributed by atoms with van der Waals surface area (Å²) in [6, 6.07) is 0.226. The van der Waals surface area contributed by atoms with Crippen LogP contribution in [0.3, 0.4) is 0 Å². The fraction of sp³-hybridized carbons (Fsp3) is 0.765. The normalized spacial score (nSPS) is 29.4. The predicted molar refractivity (Wildman–Crippen MR) is 80.6 cm³/mol. The summed E-state index contributed by atoms with van der Waals surface area (Å²) in [7, 11) is 0. The molecule has 23 heavy (non-hydrogen) atoms. The lowest BCUT2D eigenvalue weighted by Crippen LogP contribution is -2.35. The van der Waals surface area contributed by atoms with E-state index >= 15 is 0 Å². The second-order valence-corrected chi connectivity index (χ2v) is 7.42. The summed E-state index contributed by atoms with van der Waals surface area (Å²) in [4.78, 5) is 18.6. The summed E-state index contributed by atoms with van der Waals surface area (Å²) in [5.41, 5.74) is 0. The molecule has 3 aliphatic rings. The molecule has 1 aromatic heterocycles. The Bertz CT molecular complexity index is 584. The zero-order chi connectivity index (χ0) is 16.0. The van der Waals surface area contributed by atoms with Crippen LogP contribution in [-0.2, 0) is 11.3 Å². The van der Waals surface area contributed by atoms with Crippen molar-refractivity contribution in [1.29, 1.82) is 0 Å². The third-order valence-electron chi connectivity index (χ3n) is 5.90. The van der Waals surface area contributed by atoms with Crippen molar-refractivity contribution in [3.05, 3.63) is 18.2 Å². The molecule has 3 fully saturated rings. The van der Waals surface area contributed by atoms with Crippen molar-refractivity contribution in [3.63, 3.8) is 0 Å². The second kappa shape index (κ2) is 5.87. The van der Waals surface area contributed by atoms with Crippen LogP contribution in [0, 0.1) is 17.8 Å². The van der Waals surface area contributed by atoms with Gasteiger partial charge in [0, 0.05) is 24.9 Å². The first-order valence-electron chi connectivity index (χ1n) is 8.71. The third kappa shape index (κ3) is 3.00. The van der Waals surface area contributed by atoms with Crippen LogP contribution in [0.2, 0.25) is 0 Å². The predicted octanol–water partition coefficient (Wildman–Crippen LogP) is 3.60. The summed E-state index contributed by atoms with van der Waals surface area (Å²) in [5, 5.41) is 0. The first-order valence-corrected chi connectivity index (χ1v) is 8.71. The van der Waals surface area contributed by atoms with E-state index in [1.807, 2.05) is 0 Å². The number of hydrogen-bond donors (Lipinski definition) is 0. The quantitative estimate of drug-likeness (QED) is 0.802. The van der Waals surface area contributed by atoms with Gasteiger partial charge in [-0.3, -0.25) is 9.36 Å². The van der Waals surface area contributed by atoms with E-state index in [0.717, 1.165) is 23.3 Å². The first-order chi connectivity index (χ1) is 11.1. The Morgan fingerprint density at radius 2 is 2.13 bits per heavy atom. The van der Waals surface area contributed by atoms with E-state index in [1.165, 1.54) is 38.1 Å². The number of carbonyl (C=O) groups excluding carboxylic acids is 1. The molecule has 4 nitrogen and oxygen atoms in total. The maximum absolute atomic E-state index is 13.0. The molecule has 3 saturated carbocycles. The van der Waals surface area contributed by atoms with E-state index in [2.05, 4.69) is 4.98 Å². The molecule has 0 unspecified atom stereocenters. The number of nitrogens with zero attached hydrogens (tertiary/aromatic N) is 3. The van der Waals surface area contributed by atoms with Crippen LogP contribution in [0.25, 0.3) is 0 Å². The number of aromatic nitrogens is 2. The van der Waals surface area contributed by atoms with Gasteiger partial charge in [0.15, 0.2) is 0 Å². The Balaban J connectivity index is 1.43. The Morgan fingerprint density at radius 3 is 2.74 bits per heavy atom. The molecule has 1 heterocycles. The smallest absolute Gasteiger partial charge is 0.319 e. The van der Waals surface area contributed by atoms with Crippen LogP contribution in [0.4, 0.5) is 8.78 Å². The molecule has 0 spiro atoms. The van der Waals surface area contributed by atoms with Crippen molar-refractivity contribution in [2.75, 3.05) is 0 Å². The highest BCUT2D eigenvalue weighted by Crippen LogP contribution is 2.49. The number of carbonyl (C=O) groups is 1. The number of amides is 1. The molecule has 0 saturated heterocycles. The van der Waals surface area contributed by atoms with E-state index in [0.29, 0.717) is 18.3 Å². The largest absolute Gasteiger partial charge is 0.332 e. The molecule has 6 heteroatoms. The second-order valence-electron chi connectivity index (χ2n) is 7.42. The zero-order valence-electron chi connectivity index (χ0n) is 13.2. The SMILES string of the molecule is O=C(C[C@H]1C[C@@H]2CC[C@@H]1C2)N(Cc1nccn1C(F)F)C1CC1. The summed E-state index contributed by atoms with van der Waals surface area (Å²) in [5.74, 6) is 2.47. The minimum atomic E-state index is -2.60. The summed E-state index contributed by atoms with van der Waals surface area (Å²) in [6.07, 6.45) is 10.3. The monoisotopic (exact) mass is 323 g/mol. The first kappa shape index (κ1) is 15.1. The minimum Gasteiger partial charge on any atom is -0.332 e. The zero-order valence-corrected chi connectivity index (χ0v) is 13.2. The van der Waals surface area contributed by atoms with Crippen LogP contribution in [0.15, 0.2) is 12.4 Å². The van der Waals surface area contributed by atoms with Gasteiger partial charge in [0.1, 0.15) is 5.82 Å². The fourth-order valence-corrected chi connectivity index (χ4v) is 4.57. The van der Waals surface area contributed by atoms with Gasteiger partial charge in [-0.15, -0.1) is 0 Å². The van der Waals surface area contributed by atoms with Gasteiger partial charge in [0.2, 0.25) is 5.91 Å². The van der Waals surface area contributed by atoms with Crippen LogP contribution >= 0.6 is 0 Å². The van der Waals surface area contributed by atoms with E-state index in [9.17, 15) is 13.6 Å². The molecule has 1 amide bonds. The van der Waals surface area contributed by atoms with Crippen LogP contribution in [0.5, 0.6) is 0 Å². The Kier molecular flexibility index (Phi) is 3.85.